The molecule has 0 aliphatic rings. The Labute approximate surface area is 232 Å². The Bertz CT molecular complexity index is 1470. The molecule has 3 rings (SSSR count). The van der Waals surface area contributed by atoms with Crippen molar-refractivity contribution in [2.45, 2.75) is 27.7 Å². The van der Waals surface area contributed by atoms with Crippen LogP contribution in [0.2, 0.25) is 0 Å². The number of furan rings is 1. The molecule has 0 fully saturated rings. The lowest BCUT2D eigenvalue weighted by Gasteiger charge is -2.11. The van der Waals surface area contributed by atoms with Crippen LogP contribution in [-0.2, 0) is 14.4 Å². The topological polar surface area (TPSA) is 101 Å². The van der Waals surface area contributed by atoms with Crippen molar-refractivity contribution in [3.8, 4) is 45.6 Å². The first kappa shape index (κ1) is 29.4. The molecule has 0 radical (unpaired) electrons. The Hall–Kier alpha value is -5.11. The lowest BCUT2D eigenvalue weighted by atomic mass is 10.1. The van der Waals surface area contributed by atoms with Gasteiger partial charge in [-0.3, -0.25) is 0 Å². The second-order valence-corrected chi connectivity index (χ2v) is 8.94. The molecule has 0 saturated carbocycles. The highest BCUT2D eigenvalue weighted by molar-refractivity contribution is 5.90. The van der Waals surface area contributed by atoms with Gasteiger partial charge in [0.15, 0.2) is 0 Å². The number of hydrogen-bond donors (Lipinski definition) is 0. The standard InChI is InChI=1S/C32H30O8/c1-8-9-12-36-24-13-22(14-25(17-24)37-30(33)19(2)3)28-10-11-29(40-28)23-15-26(38-31(34)20(4)5)18-27(16-23)39-32(35)21(6)7/h8-11,13-18H,2,4,6,12H2,1,3,5,7H3. The van der Waals surface area contributed by atoms with Crippen LogP contribution in [0.15, 0.2) is 102 Å². The number of rotatable bonds is 11. The third kappa shape index (κ3) is 7.94. The summed E-state index contributed by atoms with van der Waals surface area (Å²) in [4.78, 5) is 36.4. The number of carbonyl (C=O) groups excluding carboxylic acids is 3. The summed E-state index contributed by atoms with van der Waals surface area (Å²) in [5, 5.41) is 0. The zero-order chi connectivity index (χ0) is 29.4. The fraction of sp³-hybridized carbons (Fsp3) is 0.156. The summed E-state index contributed by atoms with van der Waals surface area (Å²) in [7, 11) is 0. The zero-order valence-electron chi connectivity index (χ0n) is 22.9. The number of benzene rings is 2. The molecular weight excluding hydrogens is 512 g/mol. The van der Waals surface area contributed by atoms with Crippen LogP contribution in [0.3, 0.4) is 0 Å². The first-order valence-electron chi connectivity index (χ1n) is 12.2. The molecule has 3 aromatic rings. The van der Waals surface area contributed by atoms with E-state index in [1.807, 2.05) is 19.1 Å². The van der Waals surface area contributed by atoms with E-state index in [-0.39, 0.29) is 34.0 Å². The van der Waals surface area contributed by atoms with Crippen molar-refractivity contribution in [1.82, 2.24) is 0 Å². The van der Waals surface area contributed by atoms with Gasteiger partial charge in [0.1, 0.15) is 41.1 Å². The van der Waals surface area contributed by atoms with Crippen molar-refractivity contribution >= 4 is 17.9 Å². The number of allylic oxidation sites excluding steroid dienone is 1. The summed E-state index contributed by atoms with van der Waals surface area (Å²) in [5.41, 5.74) is 1.69. The molecule has 8 heteroatoms. The largest absolute Gasteiger partial charge is 0.489 e. The minimum Gasteiger partial charge on any atom is -0.489 e. The summed E-state index contributed by atoms with van der Waals surface area (Å²) < 4.78 is 28.1. The predicted octanol–water partition coefficient (Wildman–Crippen LogP) is 7.01. The average Bonchev–Trinajstić information content (AvgIpc) is 3.39. The highest BCUT2D eigenvalue weighted by Gasteiger charge is 2.16. The Kier molecular flexibility index (Phi) is 9.65. The van der Waals surface area contributed by atoms with Crippen LogP contribution in [0.1, 0.15) is 27.7 Å². The fourth-order valence-corrected chi connectivity index (χ4v) is 3.16. The molecule has 1 heterocycles. The SMILES string of the molecule is C=C(C)C(=O)Oc1cc(OCC=CC)cc(-c2ccc(-c3cc(OC(=O)C(=C)C)cc(OC(=O)C(=C)C)c3)o2)c1. The molecule has 0 aliphatic heterocycles. The molecule has 0 bridgehead atoms. The Balaban J connectivity index is 2.03. The van der Waals surface area contributed by atoms with Crippen molar-refractivity contribution in [2.24, 2.45) is 0 Å². The normalized spacial score (nSPS) is 10.6. The number of hydrogen-bond acceptors (Lipinski definition) is 8. The summed E-state index contributed by atoms with van der Waals surface area (Å²) in [5.74, 6) is -0.0674. The lowest BCUT2D eigenvalue weighted by molar-refractivity contribution is -0.131. The Morgan fingerprint density at radius 3 is 1.43 bits per heavy atom. The van der Waals surface area contributed by atoms with E-state index in [0.717, 1.165) is 0 Å². The van der Waals surface area contributed by atoms with E-state index in [1.165, 1.54) is 19.9 Å². The number of carbonyl (C=O) groups is 3. The Morgan fingerprint density at radius 1 is 0.675 bits per heavy atom. The Morgan fingerprint density at radius 2 is 1.05 bits per heavy atom. The van der Waals surface area contributed by atoms with Crippen LogP contribution in [0, 0.1) is 0 Å². The van der Waals surface area contributed by atoms with E-state index in [0.29, 0.717) is 35.0 Å². The summed E-state index contributed by atoms with van der Waals surface area (Å²) in [6.45, 7) is 17.6. The fourth-order valence-electron chi connectivity index (χ4n) is 3.16. The van der Waals surface area contributed by atoms with E-state index in [1.54, 1.807) is 49.4 Å². The molecule has 8 nitrogen and oxygen atoms in total. The van der Waals surface area contributed by atoms with Gasteiger partial charge in [-0.1, -0.05) is 31.9 Å². The minimum absolute atomic E-state index is 0.126. The van der Waals surface area contributed by atoms with Gasteiger partial charge < -0.3 is 23.4 Å². The molecule has 0 N–H and O–H groups in total. The van der Waals surface area contributed by atoms with E-state index >= 15 is 0 Å². The molecule has 0 saturated heterocycles. The van der Waals surface area contributed by atoms with Crippen LogP contribution in [0.25, 0.3) is 22.6 Å². The van der Waals surface area contributed by atoms with Crippen LogP contribution in [0.5, 0.6) is 23.0 Å². The van der Waals surface area contributed by atoms with E-state index in [4.69, 9.17) is 23.4 Å². The van der Waals surface area contributed by atoms with Crippen molar-refractivity contribution in [3.63, 3.8) is 0 Å². The van der Waals surface area contributed by atoms with Crippen molar-refractivity contribution in [3.05, 3.63) is 97.1 Å². The van der Waals surface area contributed by atoms with E-state index < -0.39 is 17.9 Å². The van der Waals surface area contributed by atoms with Gasteiger partial charge in [0.25, 0.3) is 0 Å². The second kappa shape index (κ2) is 13.1. The molecule has 2 aromatic carbocycles. The monoisotopic (exact) mass is 542 g/mol. The first-order valence-corrected chi connectivity index (χ1v) is 12.2. The van der Waals surface area contributed by atoms with Crippen LogP contribution in [0.4, 0.5) is 0 Å². The molecule has 0 spiro atoms. The van der Waals surface area contributed by atoms with Crippen molar-refractivity contribution in [1.29, 1.82) is 0 Å². The van der Waals surface area contributed by atoms with E-state index in [9.17, 15) is 14.4 Å². The molecule has 0 amide bonds. The van der Waals surface area contributed by atoms with Crippen LogP contribution in [-0.4, -0.2) is 24.5 Å². The maximum atomic E-state index is 12.1. The van der Waals surface area contributed by atoms with Gasteiger partial charge in [0.2, 0.25) is 0 Å². The first-order chi connectivity index (χ1) is 19.0. The molecule has 0 aliphatic carbocycles. The maximum Gasteiger partial charge on any atom is 0.338 e. The van der Waals surface area contributed by atoms with Crippen molar-refractivity contribution < 1.29 is 37.7 Å². The van der Waals surface area contributed by atoms with Crippen LogP contribution >= 0.6 is 0 Å². The molecule has 0 unspecified atom stereocenters. The van der Waals surface area contributed by atoms with Gasteiger partial charge in [-0.15, -0.1) is 0 Å². The second-order valence-electron chi connectivity index (χ2n) is 8.94. The number of esters is 3. The lowest BCUT2D eigenvalue weighted by Crippen LogP contribution is -2.10. The molecular formula is C32H30O8. The highest BCUT2D eigenvalue weighted by Crippen LogP contribution is 2.36. The third-order valence-corrected chi connectivity index (χ3v) is 5.19. The zero-order valence-corrected chi connectivity index (χ0v) is 22.9. The van der Waals surface area contributed by atoms with Gasteiger partial charge >= 0.3 is 17.9 Å². The van der Waals surface area contributed by atoms with Gasteiger partial charge in [0.05, 0.1) is 0 Å². The molecule has 0 atom stereocenters. The maximum absolute atomic E-state index is 12.1. The van der Waals surface area contributed by atoms with E-state index in [2.05, 4.69) is 19.7 Å². The molecule has 1 aromatic heterocycles. The van der Waals surface area contributed by atoms with Gasteiger partial charge in [0, 0.05) is 40.0 Å². The predicted molar refractivity (Wildman–Crippen MR) is 151 cm³/mol. The van der Waals surface area contributed by atoms with Gasteiger partial charge in [-0.2, -0.15) is 0 Å². The highest BCUT2D eigenvalue weighted by atomic mass is 16.5. The van der Waals surface area contributed by atoms with Crippen molar-refractivity contribution in [2.75, 3.05) is 6.61 Å². The van der Waals surface area contributed by atoms with Gasteiger partial charge in [-0.25, -0.2) is 14.4 Å². The third-order valence-electron chi connectivity index (χ3n) is 5.19. The smallest absolute Gasteiger partial charge is 0.338 e. The summed E-state index contributed by atoms with van der Waals surface area (Å²) in [6.07, 6.45) is 3.69. The minimum atomic E-state index is -0.638. The van der Waals surface area contributed by atoms with Crippen LogP contribution < -0.4 is 18.9 Å². The summed E-state index contributed by atoms with van der Waals surface area (Å²) >= 11 is 0. The molecule has 206 valence electrons. The molecule has 40 heavy (non-hydrogen) atoms. The quantitative estimate of drug-likeness (QED) is 0.110. The average molecular weight is 543 g/mol. The number of ether oxygens (including phenoxy) is 4. The summed E-state index contributed by atoms with van der Waals surface area (Å²) in [6, 6.07) is 12.9. The van der Waals surface area contributed by atoms with Gasteiger partial charge in [-0.05, 0) is 64.1 Å².